The van der Waals surface area contributed by atoms with E-state index in [0.29, 0.717) is 19.6 Å². The lowest BCUT2D eigenvalue weighted by Crippen LogP contribution is -2.49. The third kappa shape index (κ3) is 8.78. The van der Waals surface area contributed by atoms with Gasteiger partial charge in [0.05, 0.1) is 0 Å². The van der Waals surface area contributed by atoms with Crippen molar-refractivity contribution in [2.24, 2.45) is 5.73 Å². The van der Waals surface area contributed by atoms with E-state index in [1.807, 2.05) is 0 Å². The van der Waals surface area contributed by atoms with E-state index < -0.39 is 17.4 Å². The summed E-state index contributed by atoms with van der Waals surface area (Å²) in [7, 11) is -6.50. The first-order valence-electron chi connectivity index (χ1n) is 4.55. The van der Waals surface area contributed by atoms with E-state index in [9.17, 15) is 14.4 Å². The first-order chi connectivity index (χ1) is 6.27. The largest absolute Gasteiger partial charge is 0.486 e. The van der Waals surface area contributed by atoms with Crippen LogP contribution in [0.5, 0.6) is 0 Å². The van der Waals surface area contributed by atoms with Crippen molar-refractivity contribution in [1.29, 1.82) is 0 Å². The first-order valence-corrected chi connectivity index (χ1v) is 9.41. The summed E-state index contributed by atoms with van der Waals surface area (Å²) < 4.78 is 4.89. The van der Waals surface area contributed by atoms with Gasteiger partial charge < -0.3 is 29.6 Å². The van der Waals surface area contributed by atoms with Crippen molar-refractivity contribution in [2.45, 2.75) is 25.6 Å². The summed E-state index contributed by atoms with van der Waals surface area (Å²) in [6.45, 7) is 3.98. The van der Waals surface area contributed by atoms with Crippen LogP contribution in [0.3, 0.4) is 0 Å². The quantitative estimate of drug-likeness (QED) is 0.211. The van der Waals surface area contributed by atoms with Crippen molar-refractivity contribution < 1.29 is 18.5 Å². The summed E-state index contributed by atoms with van der Waals surface area (Å²) >= 11 is 0. The lowest BCUT2D eigenvalue weighted by molar-refractivity contribution is 0.209. The van der Waals surface area contributed by atoms with Crippen LogP contribution < -0.4 is 11.1 Å². The maximum Gasteiger partial charge on any atom is 0.486 e. The van der Waals surface area contributed by atoms with Crippen molar-refractivity contribution >= 4 is 17.4 Å². The molecule has 0 unspecified atom stereocenters. The van der Waals surface area contributed by atoms with E-state index in [2.05, 4.69) is 5.32 Å². The number of nitrogens with two attached hydrogens (primary N) is 1. The molecular weight excluding hydrogens is 220 g/mol. The molecule has 0 rings (SSSR count). The Morgan fingerprint density at radius 1 is 1.29 bits per heavy atom. The SMILES string of the molecule is C[Si](C)(O)O[Si](O)(O)CCCNCN. The van der Waals surface area contributed by atoms with Gasteiger partial charge in [-0.15, -0.1) is 0 Å². The molecule has 0 spiro atoms. The van der Waals surface area contributed by atoms with Crippen LogP contribution in [-0.2, 0) is 4.12 Å². The van der Waals surface area contributed by atoms with Crippen LogP contribution in [0.15, 0.2) is 0 Å². The molecule has 8 heteroatoms. The first kappa shape index (κ1) is 14.2. The van der Waals surface area contributed by atoms with Gasteiger partial charge in [0, 0.05) is 12.7 Å². The molecule has 0 aliphatic rings. The fourth-order valence-corrected chi connectivity index (χ4v) is 5.24. The molecule has 14 heavy (non-hydrogen) atoms. The second kappa shape index (κ2) is 5.93. The molecule has 0 aromatic heterocycles. The Labute approximate surface area is 86.3 Å². The van der Waals surface area contributed by atoms with Gasteiger partial charge in [-0.1, -0.05) is 0 Å². The Hall–Kier alpha value is 0.194. The van der Waals surface area contributed by atoms with E-state index in [0.717, 1.165) is 0 Å². The molecule has 0 fully saturated rings. The van der Waals surface area contributed by atoms with Gasteiger partial charge in [-0.05, 0) is 26.1 Å². The van der Waals surface area contributed by atoms with Crippen LogP contribution in [0.4, 0.5) is 0 Å². The van der Waals surface area contributed by atoms with Gasteiger partial charge in [-0.3, -0.25) is 0 Å². The molecule has 6 N–H and O–H groups in total. The topological polar surface area (TPSA) is 108 Å². The number of rotatable bonds is 7. The lowest BCUT2D eigenvalue weighted by Gasteiger charge is -2.24. The van der Waals surface area contributed by atoms with Gasteiger partial charge in [0.1, 0.15) is 0 Å². The van der Waals surface area contributed by atoms with Crippen molar-refractivity contribution in [3.63, 3.8) is 0 Å². The molecule has 0 aliphatic heterocycles. The predicted molar refractivity (Wildman–Crippen MR) is 57.5 cm³/mol. The van der Waals surface area contributed by atoms with Crippen LogP contribution in [0.2, 0.25) is 19.1 Å². The second-order valence-corrected chi connectivity index (χ2v) is 9.30. The van der Waals surface area contributed by atoms with Crippen molar-refractivity contribution in [3.8, 4) is 0 Å². The van der Waals surface area contributed by atoms with Crippen LogP contribution >= 0.6 is 0 Å². The minimum Gasteiger partial charge on any atom is -0.411 e. The number of hydrogen-bond acceptors (Lipinski definition) is 6. The van der Waals surface area contributed by atoms with Gasteiger partial charge in [-0.2, -0.15) is 0 Å². The van der Waals surface area contributed by atoms with Gasteiger partial charge in [0.2, 0.25) is 0 Å². The summed E-state index contributed by atoms with van der Waals surface area (Å²) in [5.74, 6) is 0. The molecular formula is C6H20N2O4Si2. The Balaban J connectivity index is 3.72. The molecule has 0 aliphatic carbocycles. The van der Waals surface area contributed by atoms with E-state index in [1.165, 1.54) is 13.1 Å². The molecule has 0 atom stereocenters. The molecule has 0 aromatic rings. The molecule has 0 saturated carbocycles. The highest BCUT2D eigenvalue weighted by molar-refractivity contribution is 6.75. The Kier molecular flexibility index (Phi) is 6.01. The summed E-state index contributed by atoms with van der Waals surface area (Å²) in [4.78, 5) is 28.2. The molecule has 0 amide bonds. The van der Waals surface area contributed by atoms with Crippen molar-refractivity contribution in [1.82, 2.24) is 5.32 Å². The van der Waals surface area contributed by atoms with Crippen molar-refractivity contribution in [2.75, 3.05) is 13.2 Å². The Bertz CT molecular complexity index is 162. The van der Waals surface area contributed by atoms with E-state index >= 15 is 0 Å². The smallest absolute Gasteiger partial charge is 0.411 e. The summed E-state index contributed by atoms with van der Waals surface area (Å²) in [5.41, 5.74) is 5.19. The summed E-state index contributed by atoms with van der Waals surface area (Å²) in [6, 6.07) is 0.178. The highest BCUT2D eigenvalue weighted by atomic mass is 28.5. The zero-order valence-electron chi connectivity index (χ0n) is 8.66. The average molecular weight is 240 g/mol. The lowest BCUT2D eigenvalue weighted by atomic mass is 10.5. The normalized spacial score (nSPS) is 13.3. The van der Waals surface area contributed by atoms with Crippen LogP contribution in [0.25, 0.3) is 0 Å². The minimum absolute atomic E-state index is 0.178. The van der Waals surface area contributed by atoms with Gasteiger partial charge in [-0.25, -0.2) is 0 Å². The van der Waals surface area contributed by atoms with Crippen molar-refractivity contribution in [3.05, 3.63) is 0 Å². The summed E-state index contributed by atoms with van der Waals surface area (Å²) in [5, 5.41) is 2.85. The molecule has 0 bridgehead atoms. The highest BCUT2D eigenvalue weighted by Crippen LogP contribution is 2.12. The van der Waals surface area contributed by atoms with Gasteiger partial charge >= 0.3 is 17.4 Å². The molecule has 0 aromatic carbocycles. The van der Waals surface area contributed by atoms with Crippen LogP contribution in [-0.4, -0.2) is 45.0 Å². The fourth-order valence-electron chi connectivity index (χ4n) is 0.997. The monoisotopic (exact) mass is 240 g/mol. The second-order valence-electron chi connectivity index (χ2n) is 3.60. The fraction of sp³-hybridized carbons (Fsp3) is 1.00. The molecule has 86 valence electrons. The van der Waals surface area contributed by atoms with E-state index in [1.54, 1.807) is 0 Å². The van der Waals surface area contributed by atoms with Crippen LogP contribution in [0, 0.1) is 0 Å². The molecule has 6 nitrogen and oxygen atoms in total. The maximum atomic E-state index is 9.44. The average Bonchev–Trinajstić information content (AvgIpc) is 1.93. The zero-order valence-corrected chi connectivity index (χ0v) is 10.7. The summed E-state index contributed by atoms with van der Waals surface area (Å²) in [6.07, 6.45) is 0.570. The van der Waals surface area contributed by atoms with E-state index in [-0.39, 0.29) is 6.04 Å². The third-order valence-electron chi connectivity index (χ3n) is 1.41. The third-order valence-corrected chi connectivity index (χ3v) is 5.72. The molecule has 0 heterocycles. The maximum absolute atomic E-state index is 9.44. The number of hydrogen-bond donors (Lipinski definition) is 5. The Morgan fingerprint density at radius 2 is 1.86 bits per heavy atom. The highest BCUT2D eigenvalue weighted by Gasteiger charge is 2.38. The Morgan fingerprint density at radius 3 is 2.29 bits per heavy atom. The standard InChI is InChI=1S/C6H20N2O4Si2/c1-13(2,9)12-14(10,11)5-3-4-8-6-7/h8-11H,3-7H2,1-2H3. The number of nitrogens with one attached hydrogen (secondary N) is 1. The minimum atomic E-state index is -3.66. The van der Waals surface area contributed by atoms with Crippen LogP contribution in [0.1, 0.15) is 6.42 Å². The molecule has 0 radical (unpaired) electrons. The van der Waals surface area contributed by atoms with Gasteiger partial charge in [0.25, 0.3) is 0 Å². The molecule has 0 saturated heterocycles. The van der Waals surface area contributed by atoms with E-state index in [4.69, 9.17) is 9.85 Å². The predicted octanol–water partition coefficient (Wildman–Crippen LogP) is -1.48. The van der Waals surface area contributed by atoms with Gasteiger partial charge in [0.15, 0.2) is 0 Å². The zero-order chi connectivity index (χ0) is 11.2.